The van der Waals surface area contributed by atoms with Crippen LogP contribution in [0.1, 0.15) is 53.4 Å². The molecular weight excluding hydrogens is 424 g/mol. The van der Waals surface area contributed by atoms with Gasteiger partial charge in [-0.25, -0.2) is 0 Å². The molecule has 8 heteroatoms. The number of hydrogen-bond donors (Lipinski definition) is 1. The van der Waals surface area contributed by atoms with Crippen LogP contribution in [0.3, 0.4) is 0 Å². The molecule has 0 aromatic rings. The summed E-state index contributed by atoms with van der Waals surface area (Å²) < 4.78 is 12.5. The van der Waals surface area contributed by atoms with Gasteiger partial charge in [-0.3, -0.25) is 14.4 Å². The highest BCUT2D eigenvalue weighted by Gasteiger charge is 2.75. The van der Waals surface area contributed by atoms with E-state index in [9.17, 15) is 19.5 Å². The van der Waals surface area contributed by atoms with Crippen molar-refractivity contribution in [1.82, 2.24) is 9.80 Å². The van der Waals surface area contributed by atoms with Gasteiger partial charge in [0.15, 0.2) is 0 Å². The third-order valence-corrected chi connectivity index (χ3v) is 7.71. The lowest BCUT2D eigenvalue weighted by Gasteiger charge is -2.40. The predicted octanol–water partition coefficient (Wildman–Crippen LogP) is 1.82. The van der Waals surface area contributed by atoms with Crippen LogP contribution in [-0.2, 0) is 23.9 Å². The van der Waals surface area contributed by atoms with Crippen molar-refractivity contribution in [3.63, 3.8) is 0 Å². The van der Waals surface area contributed by atoms with Crippen molar-refractivity contribution in [1.29, 1.82) is 0 Å². The fourth-order valence-corrected chi connectivity index (χ4v) is 6.02. The average molecular weight is 461 g/mol. The molecule has 0 aliphatic carbocycles. The number of esters is 1. The maximum atomic E-state index is 14.0. The van der Waals surface area contributed by atoms with Crippen LogP contribution in [-0.4, -0.2) is 81.8 Å². The summed E-state index contributed by atoms with van der Waals surface area (Å²) in [6, 6.07) is -1.63. The van der Waals surface area contributed by atoms with Crippen LogP contribution < -0.4 is 0 Å². The van der Waals surface area contributed by atoms with E-state index in [1.807, 2.05) is 45.1 Å². The molecule has 6 atom stereocenters. The third-order valence-electron chi connectivity index (χ3n) is 7.71. The molecule has 4 heterocycles. The SMILES string of the molecule is CC[C@@]12/C=C\CCCCOC(=O)[C@@H]1[C@H]1C(=O)N([C@H](C)CO)C3C(=O)N(C(C)C)CC=C[C@@]31O2. The smallest absolute Gasteiger partial charge is 0.313 e. The number of nitrogens with zero attached hydrogens (tertiary/aromatic N) is 2. The Balaban J connectivity index is 1.92. The number of allylic oxidation sites excluding steroid dienone is 1. The van der Waals surface area contributed by atoms with E-state index < -0.39 is 41.1 Å². The molecule has 4 aliphatic rings. The van der Waals surface area contributed by atoms with Gasteiger partial charge >= 0.3 is 5.97 Å². The molecule has 2 saturated heterocycles. The molecule has 0 radical (unpaired) electrons. The molecule has 8 nitrogen and oxygen atoms in total. The average Bonchev–Trinajstić information content (AvgIpc) is 3.15. The van der Waals surface area contributed by atoms with Crippen LogP contribution in [0.5, 0.6) is 0 Å². The maximum absolute atomic E-state index is 14.0. The normalized spacial score (nSPS) is 38.5. The Bertz CT molecular complexity index is 869. The van der Waals surface area contributed by atoms with Crippen molar-refractivity contribution in [2.24, 2.45) is 11.8 Å². The number of amides is 2. The zero-order valence-electron chi connectivity index (χ0n) is 20.0. The van der Waals surface area contributed by atoms with E-state index in [0.29, 0.717) is 19.6 Å². The summed E-state index contributed by atoms with van der Waals surface area (Å²) in [5, 5.41) is 9.95. The molecule has 2 amide bonds. The number of carbonyl (C=O) groups is 3. The number of ether oxygens (including phenoxy) is 2. The van der Waals surface area contributed by atoms with Crippen molar-refractivity contribution < 1.29 is 29.0 Å². The minimum absolute atomic E-state index is 0.0789. The molecule has 0 bridgehead atoms. The Hall–Kier alpha value is -2.19. The topological polar surface area (TPSA) is 96.4 Å². The highest BCUT2D eigenvalue weighted by molar-refractivity contribution is 5.99. The third kappa shape index (κ3) is 3.53. The quantitative estimate of drug-likeness (QED) is 0.508. The summed E-state index contributed by atoms with van der Waals surface area (Å²) in [6.45, 7) is 7.91. The van der Waals surface area contributed by atoms with Gasteiger partial charge in [0.2, 0.25) is 11.8 Å². The van der Waals surface area contributed by atoms with E-state index >= 15 is 0 Å². The van der Waals surface area contributed by atoms with Crippen molar-refractivity contribution in [3.8, 4) is 0 Å². The van der Waals surface area contributed by atoms with Crippen LogP contribution in [0.15, 0.2) is 24.3 Å². The van der Waals surface area contributed by atoms with Crippen molar-refractivity contribution >= 4 is 17.8 Å². The van der Waals surface area contributed by atoms with E-state index in [0.717, 1.165) is 19.3 Å². The molecule has 182 valence electrons. The molecule has 1 unspecified atom stereocenters. The van der Waals surface area contributed by atoms with Gasteiger partial charge in [-0.05, 0) is 46.5 Å². The van der Waals surface area contributed by atoms with E-state index in [4.69, 9.17) is 9.47 Å². The summed E-state index contributed by atoms with van der Waals surface area (Å²) in [7, 11) is 0. The Labute approximate surface area is 195 Å². The second-order valence-corrected chi connectivity index (χ2v) is 9.95. The summed E-state index contributed by atoms with van der Waals surface area (Å²) in [5.74, 6) is -2.79. The van der Waals surface area contributed by atoms with Crippen LogP contribution in [0, 0.1) is 11.8 Å². The van der Waals surface area contributed by atoms with Gasteiger partial charge < -0.3 is 24.4 Å². The van der Waals surface area contributed by atoms with Gasteiger partial charge in [0, 0.05) is 12.6 Å². The summed E-state index contributed by atoms with van der Waals surface area (Å²) in [5.41, 5.74) is -2.35. The summed E-state index contributed by atoms with van der Waals surface area (Å²) >= 11 is 0. The molecule has 0 aromatic carbocycles. The molecule has 1 N–H and O–H groups in total. The second kappa shape index (κ2) is 8.87. The lowest BCUT2D eigenvalue weighted by atomic mass is 9.73. The number of aliphatic hydroxyl groups is 1. The fourth-order valence-electron chi connectivity index (χ4n) is 6.02. The molecule has 4 rings (SSSR count). The Morgan fingerprint density at radius 3 is 2.52 bits per heavy atom. The van der Waals surface area contributed by atoms with Gasteiger partial charge in [-0.2, -0.15) is 0 Å². The minimum atomic E-state index is -1.31. The zero-order valence-corrected chi connectivity index (χ0v) is 20.0. The minimum Gasteiger partial charge on any atom is -0.465 e. The number of hydrogen-bond acceptors (Lipinski definition) is 6. The first-order chi connectivity index (χ1) is 15.7. The molecule has 0 aromatic heterocycles. The first-order valence-corrected chi connectivity index (χ1v) is 12.2. The number of likely N-dealkylation sites (tertiary alicyclic amines) is 1. The number of fused-ring (bicyclic) bond motifs is 2. The molecule has 1 spiro atoms. The van der Waals surface area contributed by atoms with E-state index in [1.54, 1.807) is 11.8 Å². The molecule has 0 saturated carbocycles. The monoisotopic (exact) mass is 460 g/mol. The molecule has 33 heavy (non-hydrogen) atoms. The van der Waals surface area contributed by atoms with Crippen molar-refractivity contribution in [2.75, 3.05) is 19.8 Å². The van der Waals surface area contributed by atoms with Crippen LogP contribution in [0.2, 0.25) is 0 Å². The Morgan fingerprint density at radius 1 is 1.09 bits per heavy atom. The van der Waals surface area contributed by atoms with E-state index in [-0.39, 0.29) is 24.5 Å². The number of cyclic esters (lactones) is 1. The van der Waals surface area contributed by atoms with Crippen LogP contribution >= 0.6 is 0 Å². The van der Waals surface area contributed by atoms with Gasteiger partial charge in [0.1, 0.15) is 23.2 Å². The first kappa shape index (κ1) is 24.0. The number of rotatable bonds is 4. The maximum Gasteiger partial charge on any atom is 0.313 e. The van der Waals surface area contributed by atoms with Gasteiger partial charge in [0.25, 0.3) is 0 Å². The predicted molar refractivity (Wildman–Crippen MR) is 121 cm³/mol. The number of carbonyl (C=O) groups excluding carboxylic acids is 3. The fraction of sp³-hybridized carbons (Fsp3) is 0.720. The second-order valence-electron chi connectivity index (χ2n) is 9.95. The standard InChI is InChI=1S/C25H36N2O6/c1-5-24-11-8-6-7-9-14-32-23(31)19(24)18-21(29)27(17(4)15-28)20-22(30)26(16(2)3)13-10-12-25(18,20)33-24/h8,10-12,16-20,28H,5-7,9,13-15H2,1-4H3/b11-8-/t17-,18+,19+,20?,24-,25+/m1/s1. The lowest BCUT2D eigenvalue weighted by molar-refractivity contribution is -0.163. The molecule has 2 fully saturated rings. The van der Waals surface area contributed by atoms with Crippen molar-refractivity contribution in [2.45, 2.75) is 82.7 Å². The van der Waals surface area contributed by atoms with Crippen LogP contribution in [0.25, 0.3) is 0 Å². The highest BCUT2D eigenvalue weighted by atomic mass is 16.6. The first-order valence-electron chi connectivity index (χ1n) is 12.2. The van der Waals surface area contributed by atoms with Gasteiger partial charge in [-0.1, -0.05) is 31.2 Å². The molecular formula is C25H36N2O6. The van der Waals surface area contributed by atoms with Gasteiger partial charge in [0.05, 0.1) is 25.2 Å². The largest absolute Gasteiger partial charge is 0.465 e. The van der Waals surface area contributed by atoms with Crippen molar-refractivity contribution in [3.05, 3.63) is 24.3 Å². The lowest BCUT2D eigenvalue weighted by Crippen LogP contribution is -2.59. The van der Waals surface area contributed by atoms with E-state index in [2.05, 4.69) is 0 Å². The molecule has 4 aliphatic heterocycles. The highest BCUT2D eigenvalue weighted by Crippen LogP contribution is 2.58. The number of aliphatic hydroxyl groups excluding tert-OH is 1. The van der Waals surface area contributed by atoms with Crippen LogP contribution in [0.4, 0.5) is 0 Å². The zero-order chi connectivity index (χ0) is 24.0. The Kier molecular flexibility index (Phi) is 6.44. The summed E-state index contributed by atoms with van der Waals surface area (Å²) in [4.78, 5) is 44.5. The van der Waals surface area contributed by atoms with E-state index in [1.165, 1.54) is 4.90 Å². The Morgan fingerprint density at radius 2 is 1.85 bits per heavy atom. The summed E-state index contributed by atoms with van der Waals surface area (Å²) in [6.07, 6.45) is 10.6. The van der Waals surface area contributed by atoms with Gasteiger partial charge in [-0.15, -0.1) is 0 Å².